The van der Waals surface area contributed by atoms with Crippen molar-refractivity contribution in [2.45, 2.75) is 0 Å². The summed E-state index contributed by atoms with van der Waals surface area (Å²) in [5, 5.41) is 4.61. The standard InChI is InChI=1S/C74H54N4/c1-9-25-57(26-10-1)75(58-27-11-2-12-28-58)65-45-41-55(42-46-65)73-69-51-49-68(78(63-37-21-7-22-38-63)64-39-23-8-24-40-64)54-72(69)74(56-43-47-66(48-44-56)76(59-29-13-3-14-30-59)60-31-15-4-16-32-60)70-52-50-67(53-71(70)73)77(61-33-17-5-18-34-61)62-35-19-6-20-36-62/h1-54H. The second kappa shape index (κ2) is 21.4. The van der Waals surface area contributed by atoms with E-state index in [4.69, 9.17) is 0 Å². The predicted molar refractivity (Wildman–Crippen MR) is 331 cm³/mol. The molecule has 0 aliphatic heterocycles. The molecule has 0 saturated carbocycles. The van der Waals surface area contributed by atoms with Crippen molar-refractivity contribution in [1.29, 1.82) is 0 Å². The normalized spacial score (nSPS) is 11.1. The maximum atomic E-state index is 2.41. The number of hydrogen-bond acceptors (Lipinski definition) is 4. The van der Waals surface area contributed by atoms with Crippen LogP contribution < -0.4 is 19.6 Å². The molecule has 0 saturated heterocycles. The van der Waals surface area contributed by atoms with Crippen molar-refractivity contribution >= 4 is 89.8 Å². The van der Waals surface area contributed by atoms with Gasteiger partial charge in [-0.1, -0.05) is 182 Å². The molecule has 0 unspecified atom stereocenters. The van der Waals surface area contributed by atoms with Crippen molar-refractivity contribution in [2.24, 2.45) is 0 Å². The van der Waals surface area contributed by atoms with Crippen LogP contribution in [-0.2, 0) is 0 Å². The molecule has 0 aromatic heterocycles. The van der Waals surface area contributed by atoms with Gasteiger partial charge in [0.1, 0.15) is 0 Å². The fourth-order valence-corrected chi connectivity index (χ4v) is 11.1. The highest BCUT2D eigenvalue weighted by Crippen LogP contribution is 2.49. The van der Waals surface area contributed by atoms with E-state index >= 15 is 0 Å². The average molecular weight is 999 g/mol. The summed E-state index contributed by atoms with van der Waals surface area (Å²) in [5.41, 5.74) is 17.6. The van der Waals surface area contributed by atoms with Crippen LogP contribution in [0.15, 0.2) is 328 Å². The van der Waals surface area contributed by atoms with E-state index in [0.717, 1.165) is 112 Å². The third kappa shape index (κ3) is 9.29. The number of para-hydroxylation sites is 8. The van der Waals surface area contributed by atoms with Crippen molar-refractivity contribution in [3.8, 4) is 22.3 Å². The second-order valence-electron chi connectivity index (χ2n) is 19.3. The summed E-state index contributed by atoms with van der Waals surface area (Å²) < 4.78 is 0. The van der Waals surface area contributed by atoms with Crippen LogP contribution in [0.3, 0.4) is 0 Å². The first kappa shape index (κ1) is 47.3. The van der Waals surface area contributed by atoms with Gasteiger partial charge in [0.15, 0.2) is 0 Å². The predicted octanol–water partition coefficient (Wildman–Crippen LogP) is 21.2. The van der Waals surface area contributed by atoms with Gasteiger partial charge in [-0.25, -0.2) is 0 Å². The highest BCUT2D eigenvalue weighted by atomic mass is 15.2. The van der Waals surface area contributed by atoms with E-state index in [9.17, 15) is 0 Å². The highest BCUT2D eigenvalue weighted by Gasteiger charge is 2.23. The molecule has 0 fully saturated rings. The molecule has 0 atom stereocenters. The van der Waals surface area contributed by atoms with Gasteiger partial charge in [-0.2, -0.15) is 0 Å². The molecule has 4 heteroatoms. The lowest BCUT2D eigenvalue weighted by atomic mass is 9.85. The van der Waals surface area contributed by atoms with Gasteiger partial charge < -0.3 is 19.6 Å². The third-order valence-corrected chi connectivity index (χ3v) is 14.5. The molecule has 370 valence electrons. The van der Waals surface area contributed by atoms with E-state index in [2.05, 4.69) is 347 Å². The first-order valence-electron chi connectivity index (χ1n) is 26.6. The van der Waals surface area contributed by atoms with E-state index in [1.54, 1.807) is 0 Å². The summed E-state index contributed by atoms with van der Waals surface area (Å²) in [6.45, 7) is 0. The quantitative estimate of drug-likeness (QED) is 0.101. The number of anilines is 12. The Hall–Kier alpha value is -10.4. The van der Waals surface area contributed by atoms with Gasteiger partial charge in [-0.05, 0) is 189 Å². The number of fused-ring (bicyclic) bond motifs is 2. The Morgan fingerprint density at radius 1 is 0.141 bits per heavy atom. The summed E-state index contributed by atoms with van der Waals surface area (Å²) in [7, 11) is 0. The van der Waals surface area contributed by atoms with E-state index in [1.165, 1.54) is 0 Å². The van der Waals surface area contributed by atoms with Crippen molar-refractivity contribution in [3.63, 3.8) is 0 Å². The molecular weight excluding hydrogens is 945 g/mol. The topological polar surface area (TPSA) is 13.0 Å². The van der Waals surface area contributed by atoms with Gasteiger partial charge in [-0.15, -0.1) is 0 Å². The molecule has 0 amide bonds. The molecule has 0 bridgehead atoms. The molecule has 78 heavy (non-hydrogen) atoms. The van der Waals surface area contributed by atoms with Crippen LogP contribution in [-0.4, -0.2) is 0 Å². The lowest BCUT2D eigenvalue weighted by Crippen LogP contribution is -2.10. The Morgan fingerprint density at radius 3 is 0.538 bits per heavy atom. The van der Waals surface area contributed by atoms with Crippen molar-refractivity contribution in [1.82, 2.24) is 0 Å². The van der Waals surface area contributed by atoms with Gasteiger partial charge in [0, 0.05) is 68.2 Å². The van der Waals surface area contributed by atoms with Gasteiger partial charge in [-0.3, -0.25) is 0 Å². The van der Waals surface area contributed by atoms with Gasteiger partial charge in [0.2, 0.25) is 0 Å². The zero-order chi connectivity index (χ0) is 52.0. The van der Waals surface area contributed by atoms with Crippen LogP contribution in [0.4, 0.5) is 68.2 Å². The zero-order valence-electron chi connectivity index (χ0n) is 43.0. The van der Waals surface area contributed by atoms with Gasteiger partial charge >= 0.3 is 0 Å². The van der Waals surface area contributed by atoms with Crippen molar-refractivity contribution in [2.75, 3.05) is 19.6 Å². The lowest BCUT2D eigenvalue weighted by Gasteiger charge is -2.28. The fourth-order valence-electron chi connectivity index (χ4n) is 11.1. The molecule has 13 aromatic carbocycles. The van der Waals surface area contributed by atoms with E-state index in [1.807, 2.05) is 0 Å². The smallest absolute Gasteiger partial charge is 0.0468 e. The maximum Gasteiger partial charge on any atom is 0.0468 e. The third-order valence-electron chi connectivity index (χ3n) is 14.5. The Labute approximate surface area is 456 Å². The minimum atomic E-state index is 1.06. The van der Waals surface area contributed by atoms with E-state index < -0.39 is 0 Å². The summed E-state index contributed by atoms with van der Waals surface area (Å²) in [6.07, 6.45) is 0. The summed E-state index contributed by atoms with van der Waals surface area (Å²) in [4.78, 5) is 9.39. The Bertz CT molecular complexity index is 3660. The number of rotatable bonds is 14. The molecular formula is C74H54N4. The Kier molecular flexibility index (Phi) is 13.0. The molecule has 0 aliphatic carbocycles. The summed E-state index contributed by atoms with van der Waals surface area (Å²) in [5.74, 6) is 0. The molecule has 0 heterocycles. The molecule has 0 N–H and O–H groups in total. The maximum absolute atomic E-state index is 2.41. The first-order valence-corrected chi connectivity index (χ1v) is 26.6. The second-order valence-corrected chi connectivity index (χ2v) is 19.3. The van der Waals surface area contributed by atoms with Crippen LogP contribution in [0.25, 0.3) is 43.8 Å². The van der Waals surface area contributed by atoms with E-state index in [-0.39, 0.29) is 0 Å². The molecule has 0 spiro atoms. The first-order chi connectivity index (χ1) is 38.7. The van der Waals surface area contributed by atoms with Crippen molar-refractivity contribution in [3.05, 3.63) is 328 Å². The minimum absolute atomic E-state index is 1.06. The molecule has 4 nitrogen and oxygen atoms in total. The minimum Gasteiger partial charge on any atom is -0.311 e. The zero-order valence-corrected chi connectivity index (χ0v) is 43.0. The van der Waals surface area contributed by atoms with Crippen LogP contribution in [0.2, 0.25) is 0 Å². The van der Waals surface area contributed by atoms with Crippen LogP contribution >= 0.6 is 0 Å². The summed E-state index contributed by atoms with van der Waals surface area (Å²) in [6, 6.07) is 118. The average Bonchev–Trinajstić information content (AvgIpc) is 3.71. The van der Waals surface area contributed by atoms with Crippen molar-refractivity contribution < 1.29 is 0 Å². The SMILES string of the molecule is c1ccc(N(c2ccccc2)c2ccc(-c3c4ccc(N(c5ccccc5)c5ccccc5)cc4c(-c4ccc(N(c5ccccc5)c5ccccc5)cc4)c4ccc(N(c5ccccc5)c5ccccc5)cc34)cc2)cc1. The molecule has 13 rings (SSSR count). The monoisotopic (exact) mass is 998 g/mol. The molecule has 0 aliphatic rings. The highest BCUT2D eigenvalue weighted by molar-refractivity contribution is 6.23. The largest absolute Gasteiger partial charge is 0.311 e. The Balaban J connectivity index is 1.08. The molecule has 13 aromatic rings. The lowest BCUT2D eigenvalue weighted by molar-refractivity contribution is 1.28. The van der Waals surface area contributed by atoms with Crippen LogP contribution in [0.5, 0.6) is 0 Å². The molecule has 0 radical (unpaired) electrons. The van der Waals surface area contributed by atoms with Crippen LogP contribution in [0, 0.1) is 0 Å². The number of hydrogen-bond donors (Lipinski definition) is 0. The van der Waals surface area contributed by atoms with Crippen LogP contribution in [0.1, 0.15) is 0 Å². The number of nitrogens with zero attached hydrogens (tertiary/aromatic N) is 4. The van der Waals surface area contributed by atoms with E-state index in [0.29, 0.717) is 0 Å². The summed E-state index contributed by atoms with van der Waals surface area (Å²) >= 11 is 0. The fraction of sp³-hybridized carbons (Fsp3) is 0. The van der Waals surface area contributed by atoms with Gasteiger partial charge in [0.05, 0.1) is 0 Å². The van der Waals surface area contributed by atoms with Gasteiger partial charge in [0.25, 0.3) is 0 Å². The Morgan fingerprint density at radius 2 is 0.321 bits per heavy atom. The number of benzene rings is 13.